The van der Waals surface area contributed by atoms with E-state index >= 15 is 0 Å². The number of fused-ring (bicyclic) bond motifs is 1. The molecule has 5 nitrogen and oxygen atoms in total. The van der Waals surface area contributed by atoms with E-state index in [4.69, 9.17) is 4.74 Å². The Morgan fingerprint density at radius 1 is 1.52 bits per heavy atom. The van der Waals surface area contributed by atoms with Crippen molar-refractivity contribution < 1.29 is 19.0 Å². The minimum Gasteiger partial charge on any atom is -0.490 e. The molecule has 0 bridgehead atoms. The quantitative estimate of drug-likeness (QED) is 0.873. The summed E-state index contributed by atoms with van der Waals surface area (Å²) in [6, 6.07) is 2.66. The van der Waals surface area contributed by atoms with Crippen LogP contribution in [-0.2, 0) is 11.2 Å². The lowest BCUT2D eigenvalue weighted by Crippen LogP contribution is -2.46. The number of hydrogen-bond donors (Lipinski definition) is 2. The molecule has 1 aromatic rings. The maximum Gasteiger partial charge on any atom is 0.239 e. The monoisotopic (exact) mass is 296 g/mol. The van der Waals surface area contributed by atoms with Gasteiger partial charge in [-0.1, -0.05) is 6.92 Å². The third-order valence-electron chi connectivity index (χ3n) is 3.44. The normalized spacial score (nSPS) is 18.6. The van der Waals surface area contributed by atoms with Crippen molar-refractivity contribution in [1.29, 1.82) is 0 Å². The highest BCUT2D eigenvalue weighted by molar-refractivity contribution is 5.82. The van der Waals surface area contributed by atoms with Crippen LogP contribution in [0.3, 0.4) is 0 Å². The second-order valence-corrected chi connectivity index (χ2v) is 5.27. The van der Waals surface area contributed by atoms with E-state index in [0.29, 0.717) is 13.0 Å². The van der Waals surface area contributed by atoms with Gasteiger partial charge in [0.25, 0.3) is 0 Å². The Morgan fingerprint density at radius 3 is 2.95 bits per heavy atom. The van der Waals surface area contributed by atoms with E-state index in [0.717, 1.165) is 17.7 Å². The number of amides is 1. The van der Waals surface area contributed by atoms with Crippen LogP contribution in [0.2, 0.25) is 0 Å². The molecule has 1 amide bonds. The maximum absolute atomic E-state index is 14.1. The van der Waals surface area contributed by atoms with Gasteiger partial charge in [0.1, 0.15) is 0 Å². The van der Waals surface area contributed by atoms with Crippen LogP contribution in [0.15, 0.2) is 12.1 Å². The number of benzene rings is 1. The summed E-state index contributed by atoms with van der Waals surface area (Å²) in [6.07, 6.45) is 1.17. The first-order valence-corrected chi connectivity index (χ1v) is 7.11. The average Bonchev–Trinajstić information content (AvgIpc) is 2.44. The summed E-state index contributed by atoms with van der Waals surface area (Å²) in [5.74, 6) is -0.384. The van der Waals surface area contributed by atoms with Crippen LogP contribution < -0.4 is 15.0 Å². The summed E-state index contributed by atoms with van der Waals surface area (Å²) in [5, 5.41) is 12.0. The number of halogens is 1. The summed E-state index contributed by atoms with van der Waals surface area (Å²) in [5.41, 5.74) is 1.51. The smallest absolute Gasteiger partial charge is 0.239 e. The fraction of sp³-hybridized carbons (Fsp3) is 0.533. The highest BCUT2D eigenvalue weighted by Crippen LogP contribution is 2.30. The Bertz CT molecular complexity index is 522. The number of rotatable bonds is 4. The Morgan fingerprint density at radius 2 is 2.29 bits per heavy atom. The highest BCUT2D eigenvalue weighted by Gasteiger charge is 2.23. The first-order chi connectivity index (χ1) is 10.0. The van der Waals surface area contributed by atoms with Crippen LogP contribution in [0, 0.1) is 5.82 Å². The SMILES string of the molecule is CCCOc1cc2c(cc1F)CC(CO)NC(=O)CN2C. The highest BCUT2D eigenvalue weighted by atomic mass is 19.1. The van der Waals surface area contributed by atoms with Gasteiger partial charge in [0.15, 0.2) is 11.6 Å². The lowest BCUT2D eigenvalue weighted by Gasteiger charge is -2.29. The predicted molar refractivity (Wildman–Crippen MR) is 78.2 cm³/mol. The molecule has 1 atom stereocenters. The van der Waals surface area contributed by atoms with Crippen LogP contribution in [0.5, 0.6) is 5.75 Å². The molecular weight excluding hydrogens is 275 g/mol. The van der Waals surface area contributed by atoms with Crippen molar-refractivity contribution in [3.05, 3.63) is 23.5 Å². The van der Waals surface area contributed by atoms with E-state index < -0.39 is 11.9 Å². The first-order valence-electron chi connectivity index (χ1n) is 7.11. The molecule has 0 aromatic heterocycles. The third-order valence-corrected chi connectivity index (χ3v) is 3.44. The Balaban J connectivity index is 2.37. The van der Waals surface area contributed by atoms with Crippen LogP contribution in [-0.4, -0.2) is 43.9 Å². The third kappa shape index (κ3) is 3.64. The van der Waals surface area contributed by atoms with Gasteiger partial charge >= 0.3 is 0 Å². The van der Waals surface area contributed by atoms with E-state index in [1.807, 2.05) is 6.92 Å². The average molecular weight is 296 g/mol. The van der Waals surface area contributed by atoms with Crippen molar-refractivity contribution in [2.75, 3.05) is 31.7 Å². The van der Waals surface area contributed by atoms with E-state index in [9.17, 15) is 14.3 Å². The molecule has 0 saturated carbocycles. The number of aliphatic hydroxyl groups is 1. The van der Waals surface area contributed by atoms with Crippen molar-refractivity contribution in [2.24, 2.45) is 0 Å². The van der Waals surface area contributed by atoms with Crippen molar-refractivity contribution in [2.45, 2.75) is 25.8 Å². The molecule has 1 unspecified atom stereocenters. The Hall–Kier alpha value is -1.82. The lowest BCUT2D eigenvalue weighted by atomic mass is 10.0. The van der Waals surface area contributed by atoms with Crippen molar-refractivity contribution in [1.82, 2.24) is 5.32 Å². The van der Waals surface area contributed by atoms with Gasteiger partial charge in [0.05, 0.1) is 25.8 Å². The summed E-state index contributed by atoms with van der Waals surface area (Å²) < 4.78 is 19.5. The molecule has 0 aliphatic carbocycles. The number of nitrogens with one attached hydrogen (secondary N) is 1. The Labute approximate surface area is 123 Å². The molecule has 1 aromatic carbocycles. The molecule has 1 heterocycles. The van der Waals surface area contributed by atoms with Crippen molar-refractivity contribution in [3.8, 4) is 5.75 Å². The standard InChI is InChI=1S/C15H21FN2O3/c1-3-4-21-14-7-13-10(6-12(14)16)5-11(9-19)17-15(20)8-18(13)2/h6-7,11,19H,3-5,8-9H2,1-2H3,(H,17,20). The number of aliphatic hydroxyl groups excluding tert-OH is 1. The number of nitrogens with zero attached hydrogens (tertiary/aromatic N) is 1. The van der Waals surface area contributed by atoms with Gasteiger partial charge in [0, 0.05) is 18.8 Å². The van der Waals surface area contributed by atoms with Gasteiger partial charge in [-0.25, -0.2) is 4.39 Å². The molecule has 6 heteroatoms. The fourth-order valence-corrected chi connectivity index (χ4v) is 2.43. The van der Waals surface area contributed by atoms with Gasteiger partial charge in [-0.3, -0.25) is 4.79 Å². The van der Waals surface area contributed by atoms with Crippen LogP contribution in [0.1, 0.15) is 18.9 Å². The molecule has 21 heavy (non-hydrogen) atoms. The van der Waals surface area contributed by atoms with E-state index in [1.165, 1.54) is 6.07 Å². The second kappa shape index (κ2) is 6.76. The molecule has 0 radical (unpaired) electrons. The van der Waals surface area contributed by atoms with E-state index in [-0.39, 0.29) is 24.8 Å². The zero-order valence-electron chi connectivity index (χ0n) is 12.4. The van der Waals surface area contributed by atoms with Gasteiger partial charge in [-0.2, -0.15) is 0 Å². The largest absolute Gasteiger partial charge is 0.490 e. The molecular formula is C15H21FN2O3. The van der Waals surface area contributed by atoms with Crippen LogP contribution in [0.4, 0.5) is 10.1 Å². The van der Waals surface area contributed by atoms with Gasteiger partial charge < -0.3 is 20.1 Å². The van der Waals surface area contributed by atoms with Crippen molar-refractivity contribution >= 4 is 11.6 Å². The lowest BCUT2D eigenvalue weighted by molar-refractivity contribution is -0.120. The predicted octanol–water partition coefficient (Wildman–Crippen LogP) is 1.08. The number of likely N-dealkylation sites (N-methyl/N-ethyl adjacent to an activating group) is 1. The van der Waals surface area contributed by atoms with E-state index in [2.05, 4.69) is 5.32 Å². The van der Waals surface area contributed by atoms with Crippen LogP contribution in [0.25, 0.3) is 0 Å². The summed E-state index contributed by atoms with van der Waals surface area (Å²) >= 11 is 0. The number of carbonyl (C=O) groups is 1. The maximum atomic E-state index is 14.1. The van der Waals surface area contributed by atoms with Crippen molar-refractivity contribution in [3.63, 3.8) is 0 Å². The topological polar surface area (TPSA) is 61.8 Å². The summed E-state index contributed by atoms with van der Waals surface area (Å²) in [6.45, 7) is 2.37. The zero-order chi connectivity index (χ0) is 15.4. The summed E-state index contributed by atoms with van der Waals surface area (Å²) in [7, 11) is 1.78. The second-order valence-electron chi connectivity index (χ2n) is 5.27. The number of carbonyl (C=O) groups excluding carboxylic acids is 1. The minimum atomic E-state index is -0.417. The zero-order valence-corrected chi connectivity index (χ0v) is 12.4. The number of ether oxygens (including phenoxy) is 1. The molecule has 0 saturated heterocycles. The van der Waals surface area contributed by atoms with Gasteiger partial charge in [-0.15, -0.1) is 0 Å². The number of anilines is 1. The number of hydrogen-bond acceptors (Lipinski definition) is 4. The molecule has 1 aliphatic rings. The van der Waals surface area contributed by atoms with Crippen LogP contribution >= 0.6 is 0 Å². The molecule has 1 aliphatic heterocycles. The van der Waals surface area contributed by atoms with E-state index in [1.54, 1.807) is 18.0 Å². The first kappa shape index (κ1) is 15.6. The molecule has 2 N–H and O–H groups in total. The molecule has 2 rings (SSSR count). The molecule has 0 spiro atoms. The molecule has 116 valence electrons. The van der Waals surface area contributed by atoms with Gasteiger partial charge in [0.2, 0.25) is 5.91 Å². The fourth-order valence-electron chi connectivity index (χ4n) is 2.43. The molecule has 0 fully saturated rings. The van der Waals surface area contributed by atoms with Gasteiger partial charge in [-0.05, 0) is 24.5 Å². The summed E-state index contributed by atoms with van der Waals surface area (Å²) in [4.78, 5) is 13.5. The minimum absolute atomic E-state index is 0.155. The Kier molecular flexibility index (Phi) is 5.01.